The fourth-order valence-electron chi connectivity index (χ4n) is 2.81. The fourth-order valence-corrected chi connectivity index (χ4v) is 3.39. The van der Waals surface area contributed by atoms with E-state index in [0.29, 0.717) is 6.04 Å². The molecule has 0 aliphatic heterocycles. The van der Waals surface area contributed by atoms with Crippen LogP contribution in [0.25, 0.3) is 0 Å². The molecule has 1 aliphatic carbocycles. The summed E-state index contributed by atoms with van der Waals surface area (Å²) in [5.41, 5.74) is 4.67. The van der Waals surface area contributed by atoms with Gasteiger partial charge in [-0.3, -0.25) is 4.79 Å². The first-order valence-corrected chi connectivity index (χ1v) is 7.84. The summed E-state index contributed by atoms with van der Waals surface area (Å²) < 4.78 is 1.20. The van der Waals surface area contributed by atoms with Gasteiger partial charge in [0.25, 0.3) is 0 Å². The molecule has 0 heterocycles. The molecule has 0 saturated carbocycles. The Morgan fingerprint density at radius 2 is 1.86 bits per heavy atom. The van der Waals surface area contributed by atoms with Crippen LogP contribution in [-0.2, 0) is 11.2 Å². The van der Waals surface area contributed by atoms with Gasteiger partial charge in [0.15, 0.2) is 0 Å². The van der Waals surface area contributed by atoms with Crippen LogP contribution in [0.3, 0.4) is 0 Å². The highest BCUT2D eigenvalue weighted by Gasteiger charge is 2.23. The highest BCUT2D eigenvalue weighted by Crippen LogP contribution is 2.37. The summed E-state index contributed by atoms with van der Waals surface area (Å²) in [5.74, 6) is -0.0507. The van der Waals surface area contributed by atoms with Crippen LogP contribution >= 0.6 is 15.9 Å². The molecule has 2 N–H and O–H groups in total. The van der Waals surface area contributed by atoms with Crippen molar-refractivity contribution < 1.29 is 4.79 Å². The Kier molecular flexibility index (Phi) is 3.97. The van der Waals surface area contributed by atoms with Crippen molar-refractivity contribution in [2.24, 2.45) is 0 Å². The van der Waals surface area contributed by atoms with Gasteiger partial charge in [-0.2, -0.15) is 0 Å². The largest absolute Gasteiger partial charge is 0.378 e. The van der Waals surface area contributed by atoms with E-state index in [0.717, 1.165) is 24.2 Å². The van der Waals surface area contributed by atoms with Crippen LogP contribution in [0.4, 0.5) is 11.4 Å². The van der Waals surface area contributed by atoms with E-state index in [1.54, 1.807) is 0 Å². The van der Waals surface area contributed by atoms with E-state index in [1.165, 1.54) is 22.5 Å². The summed E-state index contributed by atoms with van der Waals surface area (Å²) in [6.45, 7) is 1.51. The summed E-state index contributed by atoms with van der Waals surface area (Å²) >= 11 is 3.62. The summed E-state index contributed by atoms with van der Waals surface area (Å²) in [5, 5.41) is 6.35. The number of nitrogens with one attached hydrogen (secondary N) is 2. The second-order valence-corrected chi connectivity index (χ2v) is 6.16. The molecule has 1 atom stereocenters. The van der Waals surface area contributed by atoms with E-state index < -0.39 is 0 Å². The topological polar surface area (TPSA) is 41.1 Å². The van der Waals surface area contributed by atoms with Gasteiger partial charge in [-0.25, -0.2) is 0 Å². The van der Waals surface area contributed by atoms with Crippen molar-refractivity contribution >= 4 is 33.2 Å². The lowest BCUT2D eigenvalue weighted by Gasteiger charge is -2.16. The van der Waals surface area contributed by atoms with Gasteiger partial charge in [-0.05, 0) is 54.3 Å². The quantitative estimate of drug-likeness (QED) is 0.860. The maximum absolute atomic E-state index is 11.0. The van der Waals surface area contributed by atoms with Gasteiger partial charge in [0.05, 0.1) is 6.04 Å². The van der Waals surface area contributed by atoms with Gasteiger partial charge in [-0.1, -0.05) is 28.1 Å². The number of carbonyl (C=O) groups is 1. The number of amides is 1. The van der Waals surface area contributed by atoms with E-state index in [1.807, 2.05) is 24.3 Å². The minimum atomic E-state index is -0.0507. The Morgan fingerprint density at radius 1 is 1.14 bits per heavy atom. The summed E-state index contributed by atoms with van der Waals surface area (Å²) in [4.78, 5) is 11.0. The van der Waals surface area contributed by atoms with E-state index in [-0.39, 0.29) is 5.91 Å². The van der Waals surface area contributed by atoms with Crippen LogP contribution < -0.4 is 10.6 Å². The maximum atomic E-state index is 11.0. The fraction of sp³-hybridized carbons (Fsp3) is 0.235. The second kappa shape index (κ2) is 5.90. The molecule has 21 heavy (non-hydrogen) atoms. The van der Waals surface area contributed by atoms with Gasteiger partial charge in [0, 0.05) is 22.8 Å². The molecule has 2 aromatic carbocycles. The molecule has 4 heteroatoms. The molecule has 108 valence electrons. The second-order valence-electron chi connectivity index (χ2n) is 5.30. The van der Waals surface area contributed by atoms with E-state index in [9.17, 15) is 4.79 Å². The number of hydrogen-bond donors (Lipinski definition) is 2. The average molecular weight is 345 g/mol. The van der Waals surface area contributed by atoms with Crippen molar-refractivity contribution in [3.05, 3.63) is 58.1 Å². The number of anilines is 2. The molecule has 0 spiro atoms. The Bertz CT molecular complexity index is 667. The minimum absolute atomic E-state index is 0.0507. The number of hydrogen-bond acceptors (Lipinski definition) is 2. The highest BCUT2D eigenvalue weighted by atomic mass is 79.9. The van der Waals surface area contributed by atoms with Crippen LogP contribution in [-0.4, -0.2) is 5.91 Å². The highest BCUT2D eigenvalue weighted by molar-refractivity contribution is 9.10. The summed E-state index contributed by atoms with van der Waals surface area (Å²) in [7, 11) is 0. The van der Waals surface area contributed by atoms with E-state index in [4.69, 9.17) is 0 Å². The molecule has 1 amide bonds. The van der Waals surface area contributed by atoms with Crippen LogP contribution in [0.5, 0.6) is 0 Å². The third-order valence-corrected chi connectivity index (χ3v) is 4.50. The van der Waals surface area contributed by atoms with E-state index >= 15 is 0 Å². The molecule has 0 fully saturated rings. The van der Waals surface area contributed by atoms with Crippen LogP contribution in [0.1, 0.15) is 30.5 Å². The molecule has 3 nitrogen and oxygen atoms in total. The molecule has 2 aromatic rings. The maximum Gasteiger partial charge on any atom is 0.221 e. The first kappa shape index (κ1) is 14.1. The van der Waals surface area contributed by atoms with Crippen molar-refractivity contribution in [1.82, 2.24) is 0 Å². The molecule has 0 saturated heterocycles. The number of benzene rings is 2. The lowest BCUT2D eigenvalue weighted by Crippen LogP contribution is -2.08. The van der Waals surface area contributed by atoms with Gasteiger partial charge in [-0.15, -0.1) is 0 Å². The van der Waals surface area contributed by atoms with Gasteiger partial charge in [0.2, 0.25) is 5.91 Å². The van der Waals surface area contributed by atoms with Crippen molar-refractivity contribution in [2.75, 3.05) is 10.6 Å². The number of carbonyl (C=O) groups excluding carboxylic acids is 1. The van der Waals surface area contributed by atoms with Crippen LogP contribution in [0, 0.1) is 0 Å². The molecule has 0 radical (unpaired) electrons. The zero-order valence-electron chi connectivity index (χ0n) is 11.8. The first-order valence-electron chi connectivity index (χ1n) is 7.05. The predicted molar refractivity (Wildman–Crippen MR) is 89.6 cm³/mol. The third kappa shape index (κ3) is 3.10. The smallest absolute Gasteiger partial charge is 0.221 e. The number of halogens is 1. The van der Waals surface area contributed by atoms with Crippen LogP contribution in [0.2, 0.25) is 0 Å². The van der Waals surface area contributed by atoms with Gasteiger partial charge >= 0.3 is 0 Å². The zero-order chi connectivity index (χ0) is 14.8. The molecular weight excluding hydrogens is 328 g/mol. The summed E-state index contributed by atoms with van der Waals surface area (Å²) in [6.07, 6.45) is 2.20. The van der Waals surface area contributed by atoms with Gasteiger partial charge in [0.1, 0.15) is 0 Å². The SMILES string of the molecule is CC(=O)Nc1ccc(NC2CCc3c(Br)cccc32)cc1. The zero-order valence-corrected chi connectivity index (χ0v) is 13.4. The molecule has 0 bridgehead atoms. The number of fused-ring (bicyclic) bond motifs is 1. The van der Waals surface area contributed by atoms with E-state index in [2.05, 4.69) is 44.8 Å². The standard InChI is InChI=1S/C17H17BrN2O/c1-11(21)19-12-5-7-13(8-6-12)20-17-10-9-14-15(17)3-2-4-16(14)18/h2-8,17,20H,9-10H2,1H3,(H,19,21). The Balaban J connectivity index is 1.74. The lowest BCUT2D eigenvalue weighted by atomic mass is 10.1. The molecule has 1 aliphatic rings. The average Bonchev–Trinajstić information content (AvgIpc) is 2.85. The van der Waals surface area contributed by atoms with Crippen molar-refractivity contribution in [3.8, 4) is 0 Å². The van der Waals surface area contributed by atoms with Crippen molar-refractivity contribution in [3.63, 3.8) is 0 Å². The normalized spacial score (nSPS) is 16.4. The molecule has 0 aromatic heterocycles. The number of rotatable bonds is 3. The van der Waals surface area contributed by atoms with Gasteiger partial charge < -0.3 is 10.6 Å². The molecule has 1 unspecified atom stereocenters. The first-order chi connectivity index (χ1) is 10.1. The van der Waals surface area contributed by atoms with Crippen molar-refractivity contribution in [2.45, 2.75) is 25.8 Å². The Morgan fingerprint density at radius 3 is 2.57 bits per heavy atom. The van der Waals surface area contributed by atoms with Crippen LogP contribution in [0.15, 0.2) is 46.9 Å². The minimum Gasteiger partial charge on any atom is -0.378 e. The monoisotopic (exact) mass is 344 g/mol. The Hall–Kier alpha value is -1.81. The summed E-state index contributed by atoms with van der Waals surface area (Å²) in [6, 6.07) is 14.6. The lowest BCUT2D eigenvalue weighted by molar-refractivity contribution is -0.114. The molecule has 3 rings (SSSR count). The predicted octanol–water partition coefficient (Wildman–Crippen LogP) is 4.51. The van der Waals surface area contributed by atoms with Crippen molar-refractivity contribution in [1.29, 1.82) is 0 Å². The third-order valence-electron chi connectivity index (χ3n) is 3.76. The molecular formula is C17H17BrN2O. The Labute approximate surface area is 132 Å².